The van der Waals surface area contributed by atoms with Crippen molar-refractivity contribution in [2.24, 2.45) is 0 Å². The lowest BCUT2D eigenvalue weighted by atomic mass is 10.1. The van der Waals surface area contributed by atoms with Crippen LogP contribution in [0.15, 0.2) is 60.9 Å². The van der Waals surface area contributed by atoms with Gasteiger partial charge in [-0.1, -0.05) is 12.1 Å². The van der Waals surface area contributed by atoms with Gasteiger partial charge >= 0.3 is 6.36 Å². The maximum Gasteiger partial charge on any atom is 0.573 e. The number of benzene rings is 2. The van der Waals surface area contributed by atoms with E-state index in [1.165, 1.54) is 30.6 Å². The molecule has 0 unspecified atom stereocenters. The predicted molar refractivity (Wildman–Crippen MR) is 88.3 cm³/mol. The van der Waals surface area contributed by atoms with Gasteiger partial charge in [-0.25, -0.2) is 9.97 Å². The van der Waals surface area contributed by atoms with E-state index in [0.29, 0.717) is 22.9 Å². The number of hydrogen-bond acceptors (Lipinski definition) is 5. The molecule has 3 aromatic rings. The Bertz CT molecular complexity index is 849. The van der Waals surface area contributed by atoms with Crippen molar-refractivity contribution in [3.8, 4) is 17.0 Å². The number of nitrogens with two attached hydrogens (primary N) is 1. The van der Waals surface area contributed by atoms with E-state index in [1.807, 2.05) is 12.1 Å². The topological polar surface area (TPSA) is 73.1 Å². The number of ether oxygens (including phenoxy) is 1. The Labute approximate surface area is 141 Å². The molecule has 3 rings (SSSR count). The van der Waals surface area contributed by atoms with Crippen LogP contribution in [0.2, 0.25) is 0 Å². The molecule has 0 saturated carbocycles. The first kappa shape index (κ1) is 16.6. The van der Waals surface area contributed by atoms with Gasteiger partial charge < -0.3 is 15.8 Å². The molecule has 25 heavy (non-hydrogen) atoms. The first-order valence-electron chi connectivity index (χ1n) is 7.20. The summed E-state index contributed by atoms with van der Waals surface area (Å²) >= 11 is 0. The second kappa shape index (κ2) is 6.68. The average Bonchev–Trinajstić information content (AvgIpc) is 2.56. The van der Waals surface area contributed by atoms with E-state index in [1.54, 1.807) is 18.2 Å². The van der Waals surface area contributed by atoms with E-state index in [2.05, 4.69) is 20.0 Å². The number of nitrogen functional groups attached to an aromatic ring is 1. The monoisotopic (exact) mass is 346 g/mol. The lowest BCUT2D eigenvalue weighted by Gasteiger charge is -2.10. The standard InChI is InChI=1S/C17H13F3N4O/c18-17(19,20)25-14-7-5-13(6-8-14)24-16-9-15(22-10-23-16)11-1-3-12(21)4-2-11/h1-10H,21H2,(H,22,23,24). The summed E-state index contributed by atoms with van der Waals surface area (Å²) in [6.45, 7) is 0. The number of hydrogen-bond donors (Lipinski definition) is 2. The number of halogens is 3. The third-order valence-corrected chi connectivity index (χ3v) is 3.23. The number of aromatic nitrogens is 2. The molecule has 0 aliphatic heterocycles. The minimum Gasteiger partial charge on any atom is -0.406 e. The van der Waals surface area contributed by atoms with E-state index in [9.17, 15) is 13.2 Å². The van der Waals surface area contributed by atoms with Crippen molar-refractivity contribution < 1.29 is 17.9 Å². The zero-order valence-corrected chi connectivity index (χ0v) is 12.8. The highest BCUT2D eigenvalue weighted by Gasteiger charge is 2.30. The molecule has 0 saturated heterocycles. The van der Waals surface area contributed by atoms with Crippen molar-refractivity contribution in [1.82, 2.24) is 9.97 Å². The van der Waals surface area contributed by atoms with Crippen LogP contribution in [0.25, 0.3) is 11.3 Å². The molecule has 0 fully saturated rings. The molecule has 1 aromatic heterocycles. The summed E-state index contributed by atoms with van der Waals surface area (Å²) in [6.07, 6.45) is -3.31. The van der Waals surface area contributed by atoms with Crippen molar-refractivity contribution in [3.63, 3.8) is 0 Å². The van der Waals surface area contributed by atoms with Crippen LogP contribution in [0.4, 0.5) is 30.4 Å². The smallest absolute Gasteiger partial charge is 0.406 e. The molecule has 0 aliphatic carbocycles. The van der Waals surface area contributed by atoms with Gasteiger partial charge in [0.2, 0.25) is 0 Å². The number of alkyl halides is 3. The van der Waals surface area contributed by atoms with Crippen LogP contribution in [-0.2, 0) is 0 Å². The summed E-state index contributed by atoms with van der Waals surface area (Å²) in [6, 6.07) is 14.3. The summed E-state index contributed by atoms with van der Waals surface area (Å²) in [5.41, 5.74) is 8.44. The maximum absolute atomic E-state index is 12.2. The van der Waals surface area contributed by atoms with Gasteiger partial charge in [0, 0.05) is 23.0 Å². The summed E-state index contributed by atoms with van der Waals surface area (Å²) in [5.74, 6) is 0.217. The molecule has 1 heterocycles. The van der Waals surface area contributed by atoms with E-state index >= 15 is 0 Å². The molecule has 3 N–H and O–H groups in total. The molecule has 0 atom stereocenters. The molecule has 0 aliphatic rings. The third kappa shape index (κ3) is 4.60. The molecule has 0 radical (unpaired) electrons. The van der Waals surface area contributed by atoms with Gasteiger partial charge in [-0.15, -0.1) is 13.2 Å². The van der Waals surface area contributed by atoms with Crippen LogP contribution in [0.3, 0.4) is 0 Å². The molecular weight excluding hydrogens is 333 g/mol. The first-order chi connectivity index (χ1) is 11.9. The Morgan fingerprint density at radius 3 is 2.24 bits per heavy atom. The molecular formula is C17H13F3N4O. The highest BCUT2D eigenvalue weighted by molar-refractivity contribution is 5.66. The normalized spacial score (nSPS) is 11.2. The van der Waals surface area contributed by atoms with Crippen LogP contribution in [-0.4, -0.2) is 16.3 Å². The second-order valence-electron chi connectivity index (χ2n) is 5.11. The fraction of sp³-hybridized carbons (Fsp3) is 0.0588. The summed E-state index contributed by atoms with van der Waals surface area (Å²) in [5, 5.41) is 3.00. The molecule has 0 bridgehead atoms. The fourth-order valence-electron chi connectivity index (χ4n) is 2.13. The van der Waals surface area contributed by atoms with Gasteiger partial charge in [-0.2, -0.15) is 0 Å². The van der Waals surface area contributed by atoms with E-state index < -0.39 is 6.36 Å². The van der Waals surface area contributed by atoms with Crippen LogP contribution < -0.4 is 15.8 Å². The van der Waals surface area contributed by atoms with Crippen molar-refractivity contribution in [2.75, 3.05) is 11.1 Å². The molecule has 128 valence electrons. The van der Waals surface area contributed by atoms with Crippen molar-refractivity contribution in [1.29, 1.82) is 0 Å². The Balaban J connectivity index is 1.75. The second-order valence-corrected chi connectivity index (χ2v) is 5.11. The number of anilines is 3. The summed E-state index contributed by atoms with van der Waals surface area (Å²) in [4.78, 5) is 8.30. The summed E-state index contributed by atoms with van der Waals surface area (Å²) in [7, 11) is 0. The van der Waals surface area contributed by atoms with Gasteiger partial charge in [0.25, 0.3) is 0 Å². The van der Waals surface area contributed by atoms with E-state index in [4.69, 9.17) is 5.73 Å². The lowest BCUT2D eigenvalue weighted by molar-refractivity contribution is -0.274. The minimum atomic E-state index is -4.71. The Morgan fingerprint density at radius 1 is 0.920 bits per heavy atom. The zero-order chi connectivity index (χ0) is 17.9. The molecule has 0 amide bonds. The Hall–Kier alpha value is -3.29. The van der Waals surface area contributed by atoms with Gasteiger partial charge in [-0.05, 0) is 36.4 Å². The number of nitrogens with zero attached hydrogens (tertiary/aromatic N) is 2. The Kier molecular flexibility index (Phi) is 4.42. The van der Waals surface area contributed by atoms with Gasteiger partial charge in [0.15, 0.2) is 0 Å². The van der Waals surface area contributed by atoms with Gasteiger partial charge in [-0.3, -0.25) is 0 Å². The largest absolute Gasteiger partial charge is 0.573 e. The number of rotatable bonds is 4. The third-order valence-electron chi connectivity index (χ3n) is 3.23. The molecule has 0 spiro atoms. The van der Waals surface area contributed by atoms with Crippen LogP contribution >= 0.6 is 0 Å². The van der Waals surface area contributed by atoms with Crippen molar-refractivity contribution in [3.05, 3.63) is 60.9 Å². The average molecular weight is 346 g/mol. The molecule has 2 aromatic carbocycles. The maximum atomic E-state index is 12.2. The highest BCUT2D eigenvalue weighted by Crippen LogP contribution is 2.26. The van der Waals surface area contributed by atoms with E-state index in [0.717, 1.165) is 5.56 Å². The van der Waals surface area contributed by atoms with Gasteiger partial charge in [0.05, 0.1) is 5.69 Å². The van der Waals surface area contributed by atoms with E-state index in [-0.39, 0.29) is 5.75 Å². The van der Waals surface area contributed by atoms with Crippen molar-refractivity contribution >= 4 is 17.2 Å². The number of nitrogens with one attached hydrogen (secondary N) is 1. The van der Waals surface area contributed by atoms with Crippen LogP contribution in [0.5, 0.6) is 5.75 Å². The van der Waals surface area contributed by atoms with Crippen molar-refractivity contribution in [2.45, 2.75) is 6.36 Å². The van der Waals surface area contributed by atoms with Crippen LogP contribution in [0, 0.1) is 0 Å². The Morgan fingerprint density at radius 2 is 1.60 bits per heavy atom. The predicted octanol–water partition coefficient (Wildman–Crippen LogP) is 4.37. The minimum absolute atomic E-state index is 0.289. The van der Waals surface area contributed by atoms with Gasteiger partial charge in [0.1, 0.15) is 17.9 Å². The lowest BCUT2D eigenvalue weighted by Crippen LogP contribution is -2.16. The highest BCUT2D eigenvalue weighted by atomic mass is 19.4. The first-order valence-corrected chi connectivity index (χ1v) is 7.20. The van der Waals surface area contributed by atoms with Crippen LogP contribution in [0.1, 0.15) is 0 Å². The zero-order valence-electron chi connectivity index (χ0n) is 12.8. The quantitative estimate of drug-likeness (QED) is 0.687. The molecule has 8 heteroatoms. The fourth-order valence-corrected chi connectivity index (χ4v) is 2.13. The summed E-state index contributed by atoms with van der Waals surface area (Å²) < 4.78 is 40.3. The SMILES string of the molecule is Nc1ccc(-c2cc(Nc3ccc(OC(F)(F)F)cc3)ncn2)cc1. The molecule has 5 nitrogen and oxygen atoms in total.